The molecule has 0 amide bonds. The molecule has 0 atom stereocenters. The first-order chi connectivity index (χ1) is 32.7. The maximum absolute atomic E-state index is 10.7. The van der Waals surface area contributed by atoms with Crippen molar-refractivity contribution < 1.29 is 71.2 Å². The zero-order valence-electron chi connectivity index (χ0n) is 42.1. The van der Waals surface area contributed by atoms with Crippen molar-refractivity contribution in [2.45, 2.75) is 141 Å². The van der Waals surface area contributed by atoms with Crippen molar-refractivity contribution in [2.75, 3.05) is 52.9 Å². The van der Waals surface area contributed by atoms with E-state index in [1.165, 1.54) is 73.6 Å². The normalized spacial score (nSPS) is 15.8. The van der Waals surface area contributed by atoms with E-state index in [2.05, 4.69) is 116 Å². The van der Waals surface area contributed by atoms with E-state index in [1.807, 2.05) is 12.4 Å². The molecular formula is C50H71AlF6N2O10S2. The number of halogens is 6. The molecule has 7 rings (SSSR count). The molecule has 4 fully saturated rings. The smallest absolute Gasteiger partial charge is 0.741 e. The fraction of sp³-hybridized carbons (Fsp3) is 0.600. The average Bonchev–Trinajstić information content (AvgIpc) is 4.14. The van der Waals surface area contributed by atoms with Crippen molar-refractivity contribution in [3.05, 3.63) is 94.0 Å². The van der Waals surface area contributed by atoms with Crippen LogP contribution in [0.25, 0.3) is 0 Å². The zero-order chi connectivity index (χ0) is 53.0. The summed E-state index contributed by atoms with van der Waals surface area (Å²) in [6.45, 7) is 25.8. The molecule has 0 radical (unpaired) electrons. The maximum atomic E-state index is 10.7. The van der Waals surface area contributed by atoms with Gasteiger partial charge in [0.25, 0.3) is 0 Å². The Balaban J connectivity index is 0.00000105. The minimum Gasteiger partial charge on any atom is -0.741 e. The predicted octanol–water partition coefficient (Wildman–Crippen LogP) is 12.4. The molecule has 4 aliphatic rings. The fourth-order valence-electron chi connectivity index (χ4n) is 6.29. The minimum atomic E-state index is -6.09. The summed E-state index contributed by atoms with van der Waals surface area (Å²) in [6.07, 6.45) is 14.1. The number of ether oxygens (including phenoxy) is 4. The Kier molecular flexibility index (Phi) is 33.5. The first-order valence-electron chi connectivity index (χ1n) is 23.4. The van der Waals surface area contributed by atoms with Gasteiger partial charge in [0.05, 0.1) is 11.4 Å². The predicted molar refractivity (Wildman–Crippen MR) is 266 cm³/mol. The summed E-state index contributed by atoms with van der Waals surface area (Å²) in [6, 6.07) is 22.7. The van der Waals surface area contributed by atoms with Crippen LogP contribution in [0, 0.1) is 6.07 Å². The average molecular weight is 1070 g/mol. The Bertz CT molecular complexity index is 1950. The van der Waals surface area contributed by atoms with Crippen molar-refractivity contribution in [3.63, 3.8) is 0 Å². The summed E-state index contributed by atoms with van der Waals surface area (Å²) >= 11 is 0. The maximum Gasteiger partial charge on any atom is 3.00 e. The van der Waals surface area contributed by atoms with E-state index in [9.17, 15) is 26.3 Å². The Morgan fingerprint density at radius 3 is 0.817 bits per heavy atom. The summed E-state index contributed by atoms with van der Waals surface area (Å²) in [5.41, 5.74) is -2.06. The number of para-hydroxylation sites is 2. The topological polar surface area (TPSA) is 176 Å². The summed E-state index contributed by atoms with van der Waals surface area (Å²) in [4.78, 5) is 9.90. The molecule has 3 aromatic carbocycles. The molecule has 0 saturated carbocycles. The van der Waals surface area contributed by atoms with Crippen LogP contribution in [0.15, 0.2) is 64.6 Å². The van der Waals surface area contributed by atoms with Crippen LogP contribution in [0.1, 0.15) is 164 Å². The molecule has 4 aliphatic heterocycles. The molecular weight excluding hydrogens is 994 g/mol. The minimum absolute atomic E-state index is 0. The second-order valence-corrected chi connectivity index (χ2v) is 20.1. The molecule has 4 heterocycles. The Hall–Kier alpha value is -3.23. The van der Waals surface area contributed by atoms with Gasteiger partial charge < -0.3 is 28.1 Å². The molecule has 0 bridgehead atoms. The van der Waals surface area contributed by atoms with Crippen LogP contribution in [0.4, 0.5) is 37.7 Å². The van der Waals surface area contributed by atoms with Gasteiger partial charge in [-0.1, -0.05) is 91.8 Å². The molecule has 21 heteroatoms. The number of rotatable bonds is 8. The van der Waals surface area contributed by atoms with Crippen LogP contribution in [-0.2, 0) is 39.2 Å². The monoisotopic (exact) mass is 1060 g/mol. The number of benzene rings is 3. The quantitative estimate of drug-likeness (QED) is 0.0527. The fourth-order valence-corrected chi connectivity index (χ4v) is 6.29. The van der Waals surface area contributed by atoms with Gasteiger partial charge in [0.1, 0.15) is 0 Å². The van der Waals surface area contributed by atoms with Gasteiger partial charge in [-0.25, -0.2) is 16.8 Å². The van der Waals surface area contributed by atoms with E-state index >= 15 is 0 Å². The van der Waals surface area contributed by atoms with Crippen molar-refractivity contribution in [3.8, 4) is 0 Å². The number of hydrogen-bond acceptors (Lipinski definition) is 12. The summed E-state index contributed by atoms with van der Waals surface area (Å²) in [7, 11) is -12.2. The van der Waals surface area contributed by atoms with Crippen LogP contribution in [-0.4, -0.2) is 120 Å². The molecule has 0 unspecified atom stereocenters. The van der Waals surface area contributed by atoms with Crippen LogP contribution in [0.2, 0.25) is 0 Å². The molecule has 0 N–H and O–H groups in total. The van der Waals surface area contributed by atoms with Gasteiger partial charge in [-0.3, -0.25) is 9.98 Å². The third-order valence-corrected chi connectivity index (χ3v) is 11.2. The van der Waals surface area contributed by atoms with Crippen molar-refractivity contribution in [2.24, 2.45) is 9.98 Å². The van der Waals surface area contributed by atoms with Gasteiger partial charge >= 0.3 is 28.4 Å². The molecule has 0 aromatic heterocycles. The van der Waals surface area contributed by atoms with Crippen molar-refractivity contribution in [1.82, 2.24) is 0 Å². The van der Waals surface area contributed by atoms with E-state index in [0.29, 0.717) is 23.7 Å². The number of hydrogen-bond donors (Lipinski definition) is 0. The number of nitrogens with zero attached hydrogens (tertiary/aromatic N) is 2. The van der Waals surface area contributed by atoms with Crippen LogP contribution in [0.3, 0.4) is 0 Å². The third kappa shape index (κ3) is 28.7. The molecule has 12 nitrogen and oxygen atoms in total. The summed E-state index contributed by atoms with van der Waals surface area (Å²) < 4.78 is 138. The summed E-state index contributed by atoms with van der Waals surface area (Å²) in [5.74, 6) is 1.68. The second kappa shape index (κ2) is 35.1. The molecule has 4 saturated heterocycles. The van der Waals surface area contributed by atoms with Gasteiger partial charge in [-0.15, -0.1) is 35.4 Å². The van der Waals surface area contributed by atoms with Gasteiger partial charge in [0.2, 0.25) is 0 Å². The Labute approximate surface area is 429 Å². The van der Waals surface area contributed by atoms with E-state index in [4.69, 9.17) is 54.9 Å². The molecule has 398 valence electrons. The van der Waals surface area contributed by atoms with E-state index in [0.717, 1.165) is 75.4 Å². The molecule has 0 aliphatic carbocycles. The number of aliphatic imine (C=N–C) groups is 2. The first kappa shape index (κ1) is 67.8. The molecule has 71 heavy (non-hydrogen) atoms. The SMILES string of the molecule is C1CCOC1.C1CCOC1.C1CCOC1.C1CCOC1.CC(C)c1cccc(C(C)C)c1N=Cc1[c-]c(C=Nc2c(C(C)C)cccc2C(C)C)ccc1.O=S(=O)([O-])C(F)(F)F.O=S(=O)([O-])C(F)(F)F.[Al+3]. The van der Waals surface area contributed by atoms with E-state index in [1.54, 1.807) is 0 Å². The number of alkyl halides is 6. The van der Waals surface area contributed by atoms with Crippen LogP contribution < -0.4 is 0 Å². The van der Waals surface area contributed by atoms with E-state index < -0.39 is 31.3 Å². The molecule has 0 spiro atoms. The summed E-state index contributed by atoms with van der Waals surface area (Å²) in [5, 5.41) is 0. The van der Waals surface area contributed by atoms with Gasteiger partial charge in [-0.2, -0.15) is 26.3 Å². The zero-order valence-corrected chi connectivity index (χ0v) is 44.9. The van der Waals surface area contributed by atoms with Crippen molar-refractivity contribution in [1.29, 1.82) is 0 Å². The van der Waals surface area contributed by atoms with Gasteiger partial charge in [0, 0.05) is 52.9 Å². The van der Waals surface area contributed by atoms with Crippen LogP contribution >= 0.6 is 0 Å². The van der Waals surface area contributed by atoms with E-state index in [-0.39, 0.29) is 17.4 Å². The second-order valence-electron chi connectivity index (χ2n) is 17.3. The Morgan fingerprint density at radius 2 is 0.662 bits per heavy atom. The standard InChI is InChI=1S/C32H39N2.4C4H8O.2CHF3O3S.Al/c1-21(2)27-14-10-15-28(22(3)4)31(27)33-19-25-12-9-13-26(18-25)20-34-32-29(23(5)6)16-11-17-30(32)24(7)8;4*1-2-4-5-3-1;2*2-1(3,4)8(5,6)7;/h9-17,19-24H,1-8H3;4*1-4H2;2*(H,5,6,7);/q-1;;;;;;;+3/p-2. The van der Waals surface area contributed by atoms with Crippen molar-refractivity contribution >= 4 is 61.4 Å². The molecule has 3 aromatic rings. The third-order valence-electron chi connectivity index (χ3n) is 10.1. The largest absolute Gasteiger partial charge is 3.00 e. The van der Waals surface area contributed by atoms with Crippen LogP contribution in [0.5, 0.6) is 0 Å². The Morgan fingerprint density at radius 1 is 0.465 bits per heavy atom. The first-order valence-corrected chi connectivity index (χ1v) is 26.2. The van der Waals surface area contributed by atoms with Gasteiger partial charge in [-0.05, 0) is 110 Å². The van der Waals surface area contributed by atoms with Gasteiger partial charge in [0.15, 0.2) is 20.2 Å².